The highest BCUT2D eigenvalue weighted by Crippen LogP contribution is 2.25. The van der Waals surface area contributed by atoms with E-state index in [4.69, 9.17) is 5.11 Å². The molecule has 2 N–H and O–H groups in total. The van der Waals surface area contributed by atoms with Gasteiger partial charge in [-0.3, -0.25) is 0 Å². The Morgan fingerprint density at radius 2 is 2.39 bits per heavy atom. The van der Waals surface area contributed by atoms with Crippen molar-refractivity contribution in [3.8, 4) is 0 Å². The van der Waals surface area contributed by atoms with E-state index in [1.165, 1.54) is 0 Å². The van der Waals surface area contributed by atoms with Crippen LogP contribution in [-0.4, -0.2) is 16.1 Å². The number of anilines is 1. The standard InChI is InChI=1S/C12H11BrN2O2S/c1-7(10-3-2-4-18-10)15-11-9(12(16)17)5-8(13)6-14-11/h2-7H,1H3,(H,14,15)(H,16,17). The zero-order chi connectivity index (χ0) is 13.1. The van der Waals surface area contributed by atoms with Gasteiger partial charge >= 0.3 is 5.97 Å². The van der Waals surface area contributed by atoms with Gasteiger partial charge in [0, 0.05) is 15.5 Å². The molecular weight excluding hydrogens is 316 g/mol. The summed E-state index contributed by atoms with van der Waals surface area (Å²) in [7, 11) is 0. The van der Waals surface area contributed by atoms with Crippen molar-refractivity contribution in [2.45, 2.75) is 13.0 Å². The van der Waals surface area contributed by atoms with Gasteiger partial charge in [-0.05, 0) is 40.4 Å². The Hall–Kier alpha value is -1.40. The lowest BCUT2D eigenvalue weighted by Gasteiger charge is -2.14. The fourth-order valence-corrected chi connectivity index (χ4v) is 2.60. The molecule has 0 radical (unpaired) electrons. The monoisotopic (exact) mass is 326 g/mol. The third-order valence-corrected chi connectivity index (χ3v) is 3.90. The molecule has 0 saturated heterocycles. The van der Waals surface area contributed by atoms with E-state index in [9.17, 15) is 4.79 Å². The molecule has 0 aliphatic rings. The van der Waals surface area contributed by atoms with Crippen LogP contribution in [0.25, 0.3) is 0 Å². The van der Waals surface area contributed by atoms with Gasteiger partial charge in [0.05, 0.1) is 6.04 Å². The number of pyridine rings is 1. The van der Waals surface area contributed by atoms with Gasteiger partial charge in [0.25, 0.3) is 0 Å². The molecule has 0 aromatic carbocycles. The summed E-state index contributed by atoms with van der Waals surface area (Å²) in [6.07, 6.45) is 1.58. The number of halogens is 1. The second kappa shape index (κ2) is 5.49. The molecule has 0 aliphatic heterocycles. The molecule has 4 nitrogen and oxygen atoms in total. The van der Waals surface area contributed by atoms with Gasteiger partial charge in [0.2, 0.25) is 0 Å². The van der Waals surface area contributed by atoms with E-state index in [0.29, 0.717) is 10.3 Å². The second-order valence-electron chi connectivity index (χ2n) is 3.74. The SMILES string of the molecule is CC(Nc1ncc(Br)cc1C(=O)O)c1cccs1. The average Bonchev–Trinajstić information content (AvgIpc) is 2.84. The summed E-state index contributed by atoms with van der Waals surface area (Å²) in [5.74, 6) is -0.615. The van der Waals surface area contributed by atoms with Crippen LogP contribution in [-0.2, 0) is 0 Å². The molecule has 6 heteroatoms. The Morgan fingerprint density at radius 3 is 3.00 bits per heavy atom. The summed E-state index contributed by atoms with van der Waals surface area (Å²) < 4.78 is 0.647. The minimum absolute atomic E-state index is 0.0248. The first kappa shape index (κ1) is 13.0. The fraction of sp³-hybridized carbons (Fsp3) is 0.167. The quantitative estimate of drug-likeness (QED) is 0.897. The van der Waals surface area contributed by atoms with Gasteiger partial charge in [0.15, 0.2) is 0 Å². The number of hydrogen-bond donors (Lipinski definition) is 2. The number of aromatic carboxylic acids is 1. The van der Waals surface area contributed by atoms with Crippen LogP contribution in [0, 0.1) is 0 Å². The smallest absolute Gasteiger partial charge is 0.339 e. The van der Waals surface area contributed by atoms with Crippen LogP contribution < -0.4 is 5.32 Å². The van der Waals surface area contributed by atoms with Crippen molar-refractivity contribution >= 4 is 39.1 Å². The van der Waals surface area contributed by atoms with Crippen LogP contribution in [0.1, 0.15) is 28.2 Å². The summed E-state index contributed by atoms with van der Waals surface area (Å²) in [6.45, 7) is 1.97. The van der Waals surface area contributed by atoms with E-state index in [1.807, 2.05) is 24.4 Å². The molecule has 2 aromatic heterocycles. The maximum Gasteiger partial charge on any atom is 0.339 e. The predicted molar refractivity (Wildman–Crippen MR) is 75.3 cm³/mol. The van der Waals surface area contributed by atoms with Gasteiger partial charge < -0.3 is 10.4 Å². The highest BCUT2D eigenvalue weighted by Gasteiger charge is 2.15. The number of nitrogens with one attached hydrogen (secondary N) is 1. The Kier molecular flexibility index (Phi) is 3.98. The van der Waals surface area contributed by atoms with Gasteiger partial charge in [0.1, 0.15) is 11.4 Å². The lowest BCUT2D eigenvalue weighted by Crippen LogP contribution is -2.11. The minimum atomic E-state index is -0.996. The first-order valence-electron chi connectivity index (χ1n) is 5.26. The van der Waals surface area contributed by atoms with Crippen molar-refractivity contribution in [1.82, 2.24) is 4.98 Å². The number of carboxylic acids is 1. The molecule has 2 aromatic rings. The number of carbonyl (C=O) groups is 1. The van der Waals surface area contributed by atoms with Crippen molar-refractivity contribution in [2.75, 3.05) is 5.32 Å². The number of thiophene rings is 1. The van der Waals surface area contributed by atoms with E-state index in [1.54, 1.807) is 23.6 Å². The van der Waals surface area contributed by atoms with Gasteiger partial charge in [-0.15, -0.1) is 11.3 Å². The van der Waals surface area contributed by atoms with Gasteiger partial charge in [-0.1, -0.05) is 6.07 Å². The van der Waals surface area contributed by atoms with E-state index in [0.717, 1.165) is 4.88 Å². The zero-order valence-corrected chi connectivity index (χ0v) is 12.0. The normalized spacial score (nSPS) is 12.1. The molecule has 18 heavy (non-hydrogen) atoms. The Labute approximate surface area is 117 Å². The van der Waals surface area contributed by atoms with Gasteiger partial charge in [-0.25, -0.2) is 9.78 Å². The van der Waals surface area contributed by atoms with Crippen molar-refractivity contribution in [3.63, 3.8) is 0 Å². The van der Waals surface area contributed by atoms with Crippen molar-refractivity contribution in [2.24, 2.45) is 0 Å². The summed E-state index contributed by atoms with van der Waals surface area (Å²) >= 11 is 4.84. The summed E-state index contributed by atoms with van der Waals surface area (Å²) in [5.41, 5.74) is 0.160. The zero-order valence-electron chi connectivity index (χ0n) is 9.55. The summed E-state index contributed by atoms with van der Waals surface area (Å²) in [6, 6.07) is 5.53. The average molecular weight is 327 g/mol. The first-order chi connectivity index (χ1) is 8.58. The van der Waals surface area contributed by atoms with Crippen molar-refractivity contribution in [3.05, 3.63) is 44.7 Å². The van der Waals surface area contributed by atoms with Gasteiger partial charge in [-0.2, -0.15) is 0 Å². The van der Waals surface area contributed by atoms with Crippen LogP contribution in [0.5, 0.6) is 0 Å². The maximum atomic E-state index is 11.1. The predicted octanol–water partition coefficient (Wildman–Crippen LogP) is 3.78. The summed E-state index contributed by atoms with van der Waals surface area (Å²) in [5, 5.41) is 14.2. The Bertz CT molecular complexity index is 557. The number of nitrogens with zero attached hydrogens (tertiary/aromatic N) is 1. The highest BCUT2D eigenvalue weighted by molar-refractivity contribution is 9.10. The molecule has 0 amide bonds. The number of rotatable bonds is 4. The molecule has 0 saturated carbocycles. The number of carboxylic acid groups (broad SMARTS) is 1. The third-order valence-electron chi connectivity index (χ3n) is 2.41. The third kappa shape index (κ3) is 2.88. The molecule has 2 heterocycles. The van der Waals surface area contributed by atoms with E-state index >= 15 is 0 Å². The van der Waals surface area contributed by atoms with Crippen molar-refractivity contribution < 1.29 is 9.90 Å². The van der Waals surface area contributed by atoms with Crippen LogP contribution in [0.3, 0.4) is 0 Å². The molecule has 2 rings (SSSR count). The molecule has 0 spiro atoms. The lowest BCUT2D eigenvalue weighted by molar-refractivity contribution is 0.0697. The first-order valence-corrected chi connectivity index (χ1v) is 6.94. The molecule has 0 aliphatic carbocycles. The molecule has 0 bridgehead atoms. The maximum absolute atomic E-state index is 11.1. The number of aromatic nitrogens is 1. The minimum Gasteiger partial charge on any atom is -0.478 e. The highest BCUT2D eigenvalue weighted by atomic mass is 79.9. The summed E-state index contributed by atoms with van der Waals surface area (Å²) in [4.78, 5) is 16.4. The molecular formula is C12H11BrN2O2S. The van der Waals surface area contributed by atoms with Crippen LogP contribution in [0.4, 0.5) is 5.82 Å². The number of hydrogen-bond acceptors (Lipinski definition) is 4. The molecule has 94 valence electrons. The second-order valence-corrected chi connectivity index (χ2v) is 5.63. The van der Waals surface area contributed by atoms with Crippen molar-refractivity contribution in [1.29, 1.82) is 0 Å². The Balaban J connectivity index is 2.26. The van der Waals surface area contributed by atoms with Crippen LogP contribution in [0.15, 0.2) is 34.2 Å². The largest absolute Gasteiger partial charge is 0.478 e. The molecule has 1 atom stereocenters. The van der Waals surface area contributed by atoms with E-state index < -0.39 is 5.97 Å². The molecule has 1 unspecified atom stereocenters. The fourth-order valence-electron chi connectivity index (χ4n) is 1.53. The van der Waals surface area contributed by atoms with E-state index in [2.05, 4.69) is 26.2 Å². The Morgan fingerprint density at radius 1 is 1.61 bits per heavy atom. The topological polar surface area (TPSA) is 62.2 Å². The van der Waals surface area contributed by atoms with Crippen LogP contribution in [0.2, 0.25) is 0 Å². The van der Waals surface area contributed by atoms with Crippen LogP contribution >= 0.6 is 27.3 Å². The lowest BCUT2D eigenvalue weighted by atomic mass is 10.2. The van der Waals surface area contributed by atoms with E-state index in [-0.39, 0.29) is 11.6 Å². The molecule has 0 fully saturated rings.